The number of benzene rings is 1. The van der Waals surface area contributed by atoms with Crippen LogP contribution in [0.4, 0.5) is 0 Å². The Morgan fingerprint density at radius 3 is 2.57 bits per heavy atom. The summed E-state index contributed by atoms with van der Waals surface area (Å²) >= 11 is 0. The van der Waals surface area contributed by atoms with E-state index in [1.54, 1.807) is 4.90 Å². The molecular weight excluding hydrogens is 266 g/mol. The largest absolute Gasteiger partial charge is 0.488 e. The van der Waals surface area contributed by atoms with Crippen LogP contribution in [0, 0.1) is 5.92 Å². The van der Waals surface area contributed by atoms with Crippen LogP contribution in [0.2, 0.25) is 0 Å². The quantitative estimate of drug-likeness (QED) is 0.924. The zero-order valence-electron chi connectivity index (χ0n) is 12.4. The molecule has 2 saturated carbocycles. The molecule has 114 valence electrons. The van der Waals surface area contributed by atoms with Crippen molar-refractivity contribution in [1.29, 1.82) is 0 Å². The van der Waals surface area contributed by atoms with Crippen molar-refractivity contribution >= 4 is 5.91 Å². The Bertz CT molecular complexity index is 486. The van der Waals surface area contributed by atoms with E-state index in [0.717, 1.165) is 37.9 Å². The SMILES string of the molecule is CN(C(=O)C1CC1)[C@@H]1CCC[C@@H](Oc2ccccc2)[C@@H]1O. The lowest BCUT2D eigenvalue weighted by molar-refractivity contribution is -0.139. The Morgan fingerprint density at radius 2 is 1.90 bits per heavy atom. The molecule has 0 aromatic heterocycles. The smallest absolute Gasteiger partial charge is 0.225 e. The zero-order valence-corrected chi connectivity index (χ0v) is 12.4. The van der Waals surface area contributed by atoms with Gasteiger partial charge in [0.05, 0.1) is 6.04 Å². The van der Waals surface area contributed by atoms with Crippen LogP contribution >= 0.6 is 0 Å². The second kappa shape index (κ2) is 6.06. The first kappa shape index (κ1) is 14.4. The molecule has 0 aliphatic heterocycles. The number of aliphatic hydroxyl groups is 1. The summed E-state index contributed by atoms with van der Waals surface area (Å²) in [5, 5.41) is 10.6. The minimum atomic E-state index is -0.619. The average molecular weight is 289 g/mol. The number of carbonyl (C=O) groups excluding carboxylic acids is 1. The first-order chi connectivity index (χ1) is 10.2. The number of para-hydroxylation sites is 1. The molecule has 1 aromatic rings. The number of carbonyl (C=O) groups is 1. The molecule has 2 aliphatic carbocycles. The number of amides is 1. The summed E-state index contributed by atoms with van der Waals surface area (Å²) < 4.78 is 5.92. The van der Waals surface area contributed by atoms with Gasteiger partial charge >= 0.3 is 0 Å². The molecule has 4 heteroatoms. The van der Waals surface area contributed by atoms with Crippen molar-refractivity contribution in [2.24, 2.45) is 5.92 Å². The van der Waals surface area contributed by atoms with Crippen LogP contribution in [0.3, 0.4) is 0 Å². The van der Waals surface area contributed by atoms with E-state index in [9.17, 15) is 9.90 Å². The van der Waals surface area contributed by atoms with Crippen LogP contribution < -0.4 is 4.74 Å². The first-order valence-electron chi connectivity index (χ1n) is 7.83. The van der Waals surface area contributed by atoms with Crippen LogP contribution in [0.5, 0.6) is 5.75 Å². The second-order valence-corrected chi connectivity index (χ2v) is 6.18. The van der Waals surface area contributed by atoms with Gasteiger partial charge < -0.3 is 14.7 Å². The van der Waals surface area contributed by atoms with Crippen molar-refractivity contribution in [2.75, 3.05) is 7.05 Å². The molecule has 0 saturated heterocycles. The van der Waals surface area contributed by atoms with Gasteiger partial charge in [-0.05, 0) is 44.2 Å². The predicted octanol–water partition coefficient (Wildman–Crippen LogP) is 2.22. The normalized spacial score (nSPS) is 29.0. The maximum absolute atomic E-state index is 12.2. The van der Waals surface area contributed by atoms with Crippen molar-refractivity contribution in [1.82, 2.24) is 4.90 Å². The summed E-state index contributed by atoms with van der Waals surface area (Å²) in [6.07, 6.45) is 3.79. The Balaban J connectivity index is 1.65. The maximum atomic E-state index is 12.2. The van der Waals surface area contributed by atoms with Gasteiger partial charge in [-0.25, -0.2) is 0 Å². The molecule has 1 amide bonds. The van der Waals surface area contributed by atoms with Crippen molar-refractivity contribution < 1.29 is 14.6 Å². The fourth-order valence-electron chi connectivity index (χ4n) is 3.12. The van der Waals surface area contributed by atoms with E-state index in [4.69, 9.17) is 4.74 Å². The first-order valence-corrected chi connectivity index (χ1v) is 7.83. The topological polar surface area (TPSA) is 49.8 Å². The number of ether oxygens (including phenoxy) is 1. The van der Waals surface area contributed by atoms with Gasteiger partial charge in [0.15, 0.2) is 0 Å². The number of hydrogen-bond acceptors (Lipinski definition) is 3. The number of likely N-dealkylation sites (N-methyl/N-ethyl adjacent to an activating group) is 1. The predicted molar refractivity (Wildman–Crippen MR) is 80.0 cm³/mol. The third-order valence-corrected chi connectivity index (χ3v) is 4.57. The van der Waals surface area contributed by atoms with E-state index in [1.165, 1.54) is 0 Å². The molecule has 0 bridgehead atoms. The maximum Gasteiger partial charge on any atom is 0.225 e. The fourth-order valence-corrected chi connectivity index (χ4v) is 3.12. The highest BCUT2D eigenvalue weighted by molar-refractivity contribution is 5.81. The minimum absolute atomic E-state index is 0.124. The van der Waals surface area contributed by atoms with Gasteiger partial charge in [0.2, 0.25) is 5.91 Å². The van der Waals surface area contributed by atoms with Crippen molar-refractivity contribution in [3.8, 4) is 5.75 Å². The third kappa shape index (κ3) is 3.21. The Labute approximate surface area is 125 Å². The van der Waals surface area contributed by atoms with Crippen molar-refractivity contribution in [3.05, 3.63) is 30.3 Å². The number of nitrogens with zero attached hydrogens (tertiary/aromatic N) is 1. The van der Waals surface area contributed by atoms with Crippen LogP contribution in [-0.2, 0) is 4.79 Å². The molecule has 0 radical (unpaired) electrons. The van der Waals surface area contributed by atoms with Gasteiger partial charge in [-0.2, -0.15) is 0 Å². The van der Waals surface area contributed by atoms with Crippen LogP contribution in [0.25, 0.3) is 0 Å². The lowest BCUT2D eigenvalue weighted by Crippen LogP contribution is -2.53. The number of hydrogen-bond donors (Lipinski definition) is 1. The summed E-state index contributed by atoms with van der Waals surface area (Å²) in [6, 6.07) is 9.45. The third-order valence-electron chi connectivity index (χ3n) is 4.57. The van der Waals surface area contributed by atoms with E-state index < -0.39 is 6.10 Å². The molecule has 2 aliphatic rings. The highest BCUT2D eigenvalue weighted by Crippen LogP contribution is 2.34. The molecule has 0 spiro atoms. The summed E-state index contributed by atoms with van der Waals surface area (Å²) in [5.41, 5.74) is 0. The molecule has 3 rings (SSSR count). The highest BCUT2D eigenvalue weighted by Gasteiger charge is 2.41. The van der Waals surface area contributed by atoms with Crippen LogP contribution in [-0.4, -0.2) is 41.2 Å². The van der Waals surface area contributed by atoms with Gasteiger partial charge in [0.25, 0.3) is 0 Å². The second-order valence-electron chi connectivity index (χ2n) is 6.18. The molecule has 1 N–H and O–H groups in total. The van der Waals surface area contributed by atoms with Gasteiger partial charge in [-0.1, -0.05) is 18.2 Å². The van der Waals surface area contributed by atoms with Gasteiger partial charge in [-0.15, -0.1) is 0 Å². The summed E-state index contributed by atoms with van der Waals surface area (Å²) in [6.45, 7) is 0. The van der Waals surface area contributed by atoms with E-state index in [0.29, 0.717) is 0 Å². The minimum Gasteiger partial charge on any atom is -0.488 e. The monoisotopic (exact) mass is 289 g/mol. The molecule has 2 fully saturated rings. The van der Waals surface area contributed by atoms with Gasteiger partial charge in [0, 0.05) is 13.0 Å². The van der Waals surface area contributed by atoms with E-state index in [2.05, 4.69) is 0 Å². The van der Waals surface area contributed by atoms with Crippen molar-refractivity contribution in [3.63, 3.8) is 0 Å². The fraction of sp³-hybridized carbons (Fsp3) is 0.588. The number of aliphatic hydroxyl groups excluding tert-OH is 1. The molecular formula is C17H23NO3. The van der Waals surface area contributed by atoms with Gasteiger partial charge in [-0.3, -0.25) is 4.79 Å². The molecule has 21 heavy (non-hydrogen) atoms. The molecule has 0 unspecified atom stereocenters. The Hall–Kier alpha value is -1.55. The van der Waals surface area contributed by atoms with E-state index >= 15 is 0 Å². The molecule has 1 aromatic carbocycles. The molecule has 0 heterocycles. The zero-order chi connectivity index (χ0) is 14.8. The average Bonchev–Trinajstić information content (AvgIpc) is 3.34. The van der Waals surface area contributed by atoms with Crippen LogP contribution in [0.1, 0.15) is 32.1 Å². The van der Waals surface area contributed by atoms with Crippen molar-refractivity contribution in [2.45, 2.75) is 50.4 Å². The van der Waals surface area contributed by atoms with Gasteiger partial charge in [0.1, 0.15) is 18.0 Å². The van der Waals surface area contributed by atoms with Crippen LogP contribution in [0.15, 0.2) is 30.3 Å². The highest BCUT2D eigenvalue weighted by atomic mass is 16.5. The Morgan fingerprint density at radius 1 is 1.19 bits per heavy atom. The lowest BCUT2D eigenvalue weighted by atomic mass is 9.88. The molecule has 4 nitrogen and oxygen atoms in total. The Kier molecular flexibility index (Phi) is 4.15. The van der Waals surface area contributed by atoms with E-state index in [1.807, 2.05) is 37.4 Å². The molecule has 3 atom stereocenters. The lowest BCUT2D eigenvalue weighted by Gasteiger charge is -2.39. The van der Waals surface area contributed by atoms with E-state index in [-0.39, 0.29) is 24.0 Å². The summed E-state index contributed by atoms with van der Waals surface area (Å²) in [4.78, 5) is 13.9. The number of rotatable bonds is 4. The standard InChI is InChI=1S/C17H23NO3/c1-18(17(20)12-10-11-12)14-8-5-9-15(16(14)19)21-13-6-3-2-4-7-13/h2-4,6-7,12,14-16,19H,5,8-11H2,1H3/t14-,15-,16-/m1/s1. The summed E-state index contributed by atoms with van der Waals surface area (Å²) in [5.74, 6) is 1.15. The summed E-state index contributed by atoms with van der Waals surface area (Å²) in [7, 11) is 1.82.